The van der Waals surface area contributed by atoms with E-state index in [1.165, 1.54) is 24.3 Å². The van der Waals surface area contributed by atoms with Gasteiger partial charge in [0.15, 0.2) is 0 Å². The third kappa shape index (κ3) is 4.67. The molecule has 1 aliphatic rings. The maximum Gasteiger partial charge on any atom is 0.428 e. The Labute approximate surface area is 130 Å². The van der Waals surface area contributed by atoms with Gasteiger partial charge in [-0.25, -0.2) is 4.39 Å². The molecule has 1 aliphatic carbocycles. The van der Waals surface area contributed by atoms with Gasteiger partial charge in [0.25, 0.3) is 18.0 Å². The molecule has 0 bridgehead atoms. The molecular formula is C15H16F4N2O2. The molecule has 4 nitrogen and oxygen atoms in total. The van der Waals surface area contributed by atoms with Crippen molar-refractivity contribution in [3.05, 3.63) is 29.8 Å². The van der Waals surface area contributed by atoms with Crippen LogP contribution in [0.2, 0.25) is 0 Å². The van der Waals surface area contributed by atoms with E-state index in [9.17, 15) is 27.2 Å². The normalized spacial score (nSPS) is 16.9. The van der Waals surface area contributed by atoms with Crippen LogP contribution < -0.4 is 10.6 Å². The maximum atomic E-state index is 12.8. The molecule has 1 atom stereocenters. The maximum absolute atomic E-state index is 12.8. The lowest BCUT2D eigenvalue weighted by Crippen LogP contribution is -2.36. The summed E-state index contributed by atoms with van der Waals surface area (Å²) in [5.74, 6) is -2.07. The van der Waals surface area contributed by atoms with Crippen LogP contribution in [0, 0.1) is 0 Å². The SMILES string of the molecule is O=C(NC1CCCC1)c1ccc(NC(=O)[C@H](F)C(F)(F)F)cc1. The molecule has 1 fully saturated rings. The fraction of sp³-hybridized carbons (Fsp3) is 0.467. The van der Waals surface area contributed by atoms with Crippen molar-refractivity contribution in [2.75, 3.05) is 5.32 Å². The second-order valence-electron chi connectivity index (χ2n) is 5.43. The first-order chi connectivity index (χ1) is 10.8. The molecule has 0 unspecified atom stereocenters. The highest BCUT2D eigenvalue weighted by atomic mass is 19.4. The van der Waals surface area contributed by atoms with Gasteiger partial charge in [-0.3, -0.25) is 9.59 Å². The zero-order chi connectivity index (χ0) is 17.0. The molecular weight excluding hydrogens is 316 g/mol. The van der Waals surface area contributed by atoms with E-state index in [0.29, 0.717) is 5.56 Å². The molecule has 2 rings (SSSR count). The fourth-order valence-corrected chi connectivity index (χ4v) is 2.40. The number of hydrogen-bond donors (Lipinski definition) is 2. The van der Waals surface area contributed by atoms with Crippen LogP contribution in [0.25, 0.3) is 0 Å². The van der Waals surface area contributed by atoms with Gasteiger partial charge in [0.2, 0.25) is 0 Å². The summed E-state index contributed by atoms with van der Waals surface area (Å²) in [5.41, 5.74) is 0.307. The minimum Gasteiger partial charge on any atom is -0.349 e. The highest BCUT2D eigenvalue weighted by molar-refractivity contribution is 5.97. The number of alkyl halides is 4. The summed E-state index contributed by atoms with van der Waals surface area (Å²) in [7, 11) is 0. The zero-order valence-corrected chi connectivity index (χ0v) is 12.1. The van der Waals surface area contributed by atoms with E-state index in [0.717, 1.165) is 25.7 Å². The van der Waals surface area contributed by atoms with Crippen molar-refractivity contribution in [1.82, 2.24) is 5.32 Å². The highest BCUT2D eigenvalue weighted by Gasteiger charge is 2.45. The van der Waals surface area contributed by atoms with Gasteiger partial charge < -0.3 is 10.6 Å². The van der Waals surface area contributed by atoms with Crippen LogP contribution in [0.3, 0.4) is 0 Å². The topological polar surface area (TPSA) is 58.2 Å². The smallest absolute Gasteiger partial charge is 0.349 e. The molecule has 8 heteroatoms. The van der Waals surface area contributed by atoms with Crippen molar-refractivity contribution in [3.8, 4) is 0 Å². The first kappa shape index (κ1) is 17.2. The Hall–Kier alpha value is -2.12. The molecule has 126 valence electrons. The van der Waals surface area contributed by atoms with Gasteiger partial charge >= 0.3 is 6.18 Å². The number of amides is 2. The lowest BCUT2D eigenvalue weighted by molar-refractivity contribution is -0.183. The van der Waals surface area contributed by atoms with E-state index in [1.54, 1.807) is 0 Å². The lowest BCUT2D eigenvalue weighted by Gasteiger charge is -2.13. The zero-order valence-electron chi connectivity index (χ0n) is 12.1. The second-order valence-corrected chi connectivity index (χ2v) is 5.43. The number of anilines is 1. The third-order valence-corrected chi connectivity index (χ3v) is 3.62. The van der Waals surface area contributed by atoms with Crippen LogP contribution >= 0.6 is 0 Å². The van der Waals surface area contributed by atoms with E-state index in [-0.39, 0.29) is 17.6 Å². The number of hydrogen-bond acceptors (Lipinski definition) is 2. The van der Waals surface area contributed by atoms with Crippen LogP contribution in [-0.4, -0.2) is 30.2 Å². The van der Waals surface area contributed by atoms with E-state index in [4.69, 9.17) is 0 Å². The Bertz CT molecular complexity index is 566. The molecule has 0 radical (unpaired) electrons. The van der Waals surface area contributed by atoms with Crippen LogP contribution in [0.1, 0.15) is 36.0 Å². The molecule has 0 spiro atoms. The van der Waals surface area contributed by atoms with Crippen molar-refractivity contribution >= 4 is 17.5 Å². The van der Waals surface area contributed by atoms with Crippen molar-refractivity contribution < 1.29 is 27.2 Å². The quantitative estimate of drug-likeness (QED) is 0.832. The largest absolute Gasteiger partial charge is 0.428 e. The van der Waals surface area contributed by atoms with Gasteiger partial charge in [0, 0.05) is 17.3 Å². The number of carbonyl (C=O) groups is 2. The van der Waals surface area contributed by atoms with E-state index in [1.807, 2.05) is 5.32 Å². The second kappa shape index (κ2) is 6.97. The number of benzene rings is 1. The summed E-state index contributed by atoms with van der Waals surface area (Å²) in [6.45, 7) is 0. The molecule has 1 aromatic rings. The van der Waals surface area contributed by atoms with Crippen LogP contribution in [0.4, 0.5) is 23.2 Å². The Balaban J connectivity index is 1.93. The minimum atomic E-state index is -5.24. The molecule has 2 N–H and O–H groups in total. The lowest BCUT2D eigenvalue weighted by atomic mass is 10.1. The molecule has 0 saturated heterocycles. The average molecular weight is 332 g/mol. The summed E-state index contributed by atoms with van der Waals surface area (Å²) in [5, 5.41) is 4.68. The van der Waals surface area contributed by atoms with Gasteiger partial charge in [-0.15, -0.1) is 0 Å². The molecule has 2 amide bonds. The number of nitrogens with one attached hydrogen (secondary N) is 2. The van der Waals surface area contributed by atoms with Gasteiger partial charge in [0.05, 0.1) is 0 Å². The van der Waals surface area contributed by atoms with Crippen molar-refractivity contribution in [3.63, 3.8) is 0 Å². The van der Waals surface area contributed by atoms with Crippen molar-refractivity contribution in [2.45, 2.75) is 44.1 Å². The van der Waals surface area contributed by atoms with E-state index < -0.39 is 18.3 Å². The van der Waals surface area contributed by atoms with Gasteiger partial charge in [-0.2, -0.15) is 13.2 Å². The number of rotatable bonds is 4. The summed E-state index contributed by atoms with van der Waals surface area (Å²) < 4.78 is 49.1. The molecule has 0 heterocycles. The summed E-state index contributed by atoms with van der Waals surface area (Å²) in [6.07, 6.45) is -4.85. The standard InChI is InChI=1S/C15H16F4N2O2/c16-12(15(17,18)19)14(23)21-11-7-5-9(6-8-11)13(22)20-10-3-1-2-4-10/h5-8,10,12H,1-4H2,(H,20,22)(H,21,23)/t12-/m0/s1. The Morgan fingerprint density at radius 3 is 2.17 bits per heavy atom. The molecule has 1 aromatic carbocycles. The Kier molecular flexibility index (Phi) is 5.23. The predicted molar refractivity (Wildman–Crippen MR) is 75.7 cm³/mol. The minimum absolute atomic E-state index is 0.0145. The highest BCUT2D eigenvalue weighted by Crippen LogP contribution is 2.24. The molecule has 0 aliphatic heterocycles. The average Bonchev–Trinajstić information content (AvgIpc) is 2.99. The molecule has 23 heavy (non-hydrogen) atoms. The first-order valence-corrected chi connectivity index (χ1v) is 7.20. The Morgan fingerprint density at radius 1 is 1.09 bits per heavy atom. The van der Waals surface area contributed by atoms with Gasteiger partial charge in [0.1, 0.15) is 0 Å². The summed E-state index contributed by atoms with van der Waals surface area (Å²) in [4.78, 5) is 23.1. The van der Waals surface area contributed by atoms with E-state index >= 15 is 0 Å². The third-order valence-electron chi connectivity index (χ3n) is 3.62. The first-order valence-electron chi connectivity index (χ1n) is 7.20. The summed E-state index contributed by atoms with van der Waals surface area (Å²) in [6, 6.07) is 5.37. The number of halogens is 4. The van der Waals surface area contributed by atoms with Gasteiger partial charge in [-0.1, -0.05) is 12.8 Å². The van der Waals surface area contributed by atoms with Crippen LogP contribution in [0.15, 0.2) is 24.3 Å². The fourth-order valence-electron chi connectivity index (χ4n) is 2.40. The monoisotopic (exact) mass is 332 g/mol. The predicted octanol–water partition coefficient (Wildman–Crippen LogP) is 3.20. The van der Waals surface area contributed by atoms with Crippen LogP contribution in [-0.2, 0) is 4.79 Å². The van der Waals surface area contributed by atoms with Crippen molar-refractivity contribution in [1.29, 1.82) is 0 Å². The van der Waals surface area contributed by atoms with Crippen LogP contribution in [0.5, 0.6) is 0 Å². The van der Waals surface area contributed by atoms with Gasteiger partial charge in [-0.05, 0) is 37.1 Å². The van der Waals surface area contributed by atoms with Crippen molar-refractivity contribution in [2.24, 2.45) is 0 Å². The summed E-state index contributed by atoms with van der Waals surface area (Å²) >= 11 is 0. The van der Waals surface area contributed by atoms with E-state index in [2.05, 4.69) is 5.32 Å². The number of carbonyl (C=O) groups excluding carboxylic acids is 2. The molecule has 0 aromatic heterocycles. The molecule has 1 saturated carbocycles. The Morgan fingerprint density at radius 2 is 1.65 bits per heavy atom.